The van der Waals surface area contributed by atoms with Gasteiger partial charge in [0, 0.05) is 12.4 Å². The maximum Gasteiger partial charge on any atom is 2.00 e. The third-order valence-corrected chi connectivity index (χ3v) is 2.79. The molecule has 0 aliphatic carbocycles. The van der Waals surface area contributed by atoms with Gasteiger partial charge in [0.2, 0.25) is 0 Å². The van der Waals surface area contributed by atoms with Crippen molar-refractivity contribution < 1.29 is 21.1 Å². The molecule has 3 aromatic rings. The minimum atomic E-state index is -0.147. The molecule has 0 aliphatic heterocycles. The minimum Gasteiger partial charge on any atom is -0.673 e. The Hall–Kier alpha value is -1.83. The van der Waals surface area contributed by atoms with Crippen LogP contribution in [-0.4, -0.2) is 9.97 Å². The topological polar surface area (TPSA) is 49.6 Å². The first kappa shape index (κ1) is 18.2. The van der Waals surface area contributed by atoms with E-state index in [1.165, 1.54) is 0 Å². The van der Waals surface area contributed by atoms with E-state index in [0.29, 0.717) is 0 Å². The van der Waals surface area contributed by atoms with Crippen molar-refractivity contribution in [1.82, 2.24) is 9.97 Å². The molecule has 1 N–H and O–H groups in total. The molecule has 0 aliphatic rings. The van der Waals surface area contributed by atoms with Crippen molar-refractivity contribution in [3.05, 3.63) is 90.4 Å². The summed E-state index contributed by atoms with van der Waals surface area (Å²) in [4.78, 5) is 8.37. The Morgan fingerprint density at radius 1 is 0.864 bits per heavy atom. The normalized spacial score (nSPS) is 10.6. The van der Waals surface area contributed by atoms with Gasteiger partial charge >= 0.3 is 21.1 Å². The quantitative estimate of drug-likeness (QED) is 0.508. The molecular weight excluding hydrogens is 453 g/mol. The summed E-state index contributed by atoms with van der Waals surface area (Å²) in [6, 6.07) is 22.0. The third kappa shape index (κ3) is 5.88. The van der Waals surface area contributed by atoms with Crippen LogP contribution in [0.3, 0.4) is 0 Å². The molecule has 3 nitrogen and oxygen atoms in total. The van der Waals surface area contributed by atoms with Crippen LogP contribution in [-0.2, 0) is 21.1 Å². The summed E-state index contributed by atoms with van der Waals surface area (Å²) in [5.74, 6) is 0. The summed E-state index contributed by atoms with van der Waals surface area (Å²) in [5, 5.41) is 0. The summed E-state index contributed by atoms with van der Waals surface area (Å²) in [6.07, 6.45) is 3.54. The third-order valence-electron chi connectivity index (χ3n) is 2.79. The molecule has 3 rings (SSSR count). The smallest absolute Gasteiger partial charge is 0.673 e. The Morgan fingerprint density at radius 3 is 1.73 bits per heavy atom. The Balaban J connectivity index is 0.000000219. The van der Waals surface area contributed by atoms with Crippen LogP contribution in [0.25, 0.3) is 17.1 Å². The van der Waals surface area contributed by atoms with E-state index in [0.717, 1.165) is 17.0 Å². The van der Waals surface area contributed by atoms with Gasteiger partial charge in [0.25, 0.3) is 0 Å². The fraction of sp³-hybridized carbons (Fsp3) is 0.111. The fourth-order valence-electron chi connectivity index (χ4n) is 1.71. The van der Waals surface area contributed by atoms with Gasteiger partial charge < -0.3 is 5.73 Å². The van der Waals surface area contributed by atoms with Crippen LogP contribution in [0.1, 0.15) is 18.5 Å². The van der Waals surface area contributed by atoms with Crippen molar-refractivity contribution >= 4 is 0 Å². The predicted octanol–water partition coefficient (Wildman–Crippen LogP) is 4.74. The van der Waals surface area contributed by atoms with Crippen molar-refractivity contribution in [2.45, 2.75) is 13.0 Å². The Labute approximate surface area is 145 Å². The number of nitrogens with one attached hydrogen (secondary N) is 1. The second kappa shape index (κ2) is 9.99. The molecular formula is C18H17N3Pt. The van der Waals surface area contributed by atoms with Crippen molar-refractivity contribution in [3.8, 4) is 11.4 Å². The molecule has 0 radical (unpaired) electrons. The maximum absolute atomic E-state index is 7.29. The molecule has 0 saturated carbocycles. The molecule has 114 valence electrons. The Kier molecular flexibility index (Phi) is 8.27. The van der Waals surface area contributed by atoms with Crippen LogP contribution in [0.4, 0.5) is 0 Å². The maximum atomic E-state index is 7.29. The van der Waals surface area contributed by atoms with Gasteiger partial charge in [-0.2, -0.15) is 35.9 Å². The van der Waals surface area contributed by atoms with Crippen LogP contribution in [0.5, 0.6) is 0 Å². The Morgan fingerprint density at radius 2 is 1.41 bits per heavy atom. The molecule has 2 heterocycles. The van der Waals surface area contributed by atoms with E-state index < -0.39 is 0 Å². The minimum absolute atomic E-state index is 0. The molecule has 0 spiro atoms. The molecule has 0 fully saturated rings. The number of hydrogen-bond donors (Lipinski definition) is 0. The summed E-state index contributed by atoms with van der Waals surface area (Å²) in [7, 11) is 0. The van der Waals surface area contributed by atoms with Crippen LogP contribution in [0.15, 0.2) is 73.1 Å². The second-order valence-electron chi connectivity index (χ2n) is 4.47. The average molecular weight is 470 g/mol. The number of hydrogen-bond acceptors (Lipinski definition) is 2. The molecule has 1 unspecified atom stereocenters. The van der Waals surface area contributed by atoms with E-state index in [2.05, 4.69) is 16.0 Å². The monoisotopic (exact) mass is 470 g/mol. The first-order chi connectivity index (χ1) is 10.3. The molecule has 1 aromatic carbocycles. The van der Waals surface area contributed by atoms with E-state index in [4.69, 9.17) is 5.73 Å². The van der Waals surface area contributed by atoms with E-state index in [9.17, 15) is 0 Å². The van der Waals surface area contributed by atoms with E-state index >= 15 is 0 Å². The van der Waals surface area contributed by atoms with Crippen LogP contribution in [0.2, 0.25) is 0 Å². The SMILES string of the molecule is CC([NH-])c1[c-]cccc1.[Pt+2].c1ccc(-c2ccccn2)nc1. The summed E-state index contributed by atoms with van der Waals surface area (Å²) < 4.78 is 0. The number of nitrogens with zero attached hydrogens (tertiary/aromatic N) is 2. The molecule has 0 bridgehead atoms. The van der Waals surface area contributed by atoms with E-state index in [-0.39, 0.29) is 27.1 Å². The van der Waals surface area contributed by atoms with Gasteiger partial charge in [0.1, 0.15) is 0 Å². The van der Waals surface area contributed by atoms with Crippen LogP contribution < -0.4 is 0 Å². The van der Waals surface area contributed by atoms with Gasteiger partial charge in [-0.1, -0.05) is 19.1 Å². The predicted molar refractivity (Wildman–Crippen MR) is 85.5 cm³/mol. The van der Waals surface area contributed by atoms with Crippen LogP contribution in [0, 0.1) is 6.07 Å². The number of benzene rings is 1. The zero-order chi connectivity index (χ0) is 14.9. The van der Waals surface area contributed by atoms with Gasteiger partial charge in [-0.05, 0) is 24.3 Å². The number of pyridine rings is 2. The first-order valence-corrected chi connectivity index (χ1v) is 6.77. The Bertz CT molecular complexity index is 591. The average Bonchev–Trinajstić information content (AvgIpc) is 2.58. The molecule has 0 amide bonds. The van der Waals surface area contributed by atoms with Gasteiger partial charge in [0.05, 0.1) is 11.4 Å². The fourth-order valence-corrected chi connectivity index (χ4v) is 1.71. The summed E-state index contributed by atoms with van der Waals surface area (Å²) in [5.41, 5.74) is 10.1. The molecule has 4 heteroatoms. The van der Waals surface area contributed by atoms with Crippen LogP contribution >= 0.6 is 0 Å². The van der Waals surface area contributed by atoms with Crippen molar-refractivity contribution in [3.63, 3.8) is 0 Å². The molecule has 0 saturated heterocycles. The molecule has 2 aromatic heterocycles. The van der Waals surface area contributed by atoms with Crippen molar-refractivity contribution in [2.75, 3.05) is 0 Å². The number of rotatable bonds is 2. The van der Waals surface area contributed by atoms with E-state index in [1.54, 1.807) is 12.4 Å². The molecule has 22 heavy (non-hydrogen) atoms. The van der Waals surface area contributed by atoms with Crippen molar-refractivity contribution in [2.24, 2.45) is 0 Å². The zero-order valence-electron chi connectivity index (χ0n) is 12.2. The summed E-state index contributed by atoms with van der Waals surface area (Å²) in [6.45, 7) is 1.84. The first-order valence-electron chi connectivity index (χ1n) is 6.77. The van der Waals surface area contributed by atoms with Gasteiger partial charge in [0.15, 0.2) is 0 Å². The van der Waals surface area contributed by atoms with Gasteiger partial charge in [-0.25, -0.2) is 0 Å². The van der Waals surface area contributed by atoms with Gasteiger partial charge in [-0.15, -0.1) is 6.04 Å². The van der Waals surface area contributed by atoms with E-state index in [1.807, 2.05) is 67.6 Å². The standard InChI is InChI=1S/C10H8N2.C8H9N.Pt/c1-3-7-11-9(5-1)10-6-2-4-8-12-10;1-7(9)8-5-3-2-4-6-8;/h1-8H;2-5,7,9H,1H3;/q;-2;+2. The number of aromatic nitrogens is 2. The second-order valence-corrected chi connectivity index (χ2v) is 4.47. The summed E-state index contributed by atoms with van der Waals surface area (Å²) >= 11 is 0. The largest absolute Gasteiger partial charge is 2.00 e. The zero-order valence-corrected chi connectivity index (χ0v) is 14.5. The van der Waals surface area contributed by atoms with Gasteiger partial charge in [-0.3, -0.25) is 9.97 Å². The molecule has 1 atom stereocenters. The van der Waals surface area contributed by atoms with Crippen molar-refractivity contribution in [1.29, 1.82) is 0 Å².